The molecule has 0 bridgehead atoms. The van der Waals surface area contributed by atoms with E-state index < -0.39 is 5.97 Å². The molecule has 0 aliphatic heterocycles. The van der Waals surface area contributed by atoms with E-state index >= 15 is 0 Å². The molecule has 0 amide bonds. The summed E-state index contributed by atoms with van der Waals surface area (Å²) in [5.74, 6) is -0.886. The molecule has 1 aromatic carbocycles. The van der Waals surface area contributed by atoms with Crippen LogP contribution in [-0.2, 0) is 4.79 Å². The molecule has 21 heavy (non-hydrogen) atoms. The zero-order valence-electron chi connectivity index (χ0n) is 11.3. The van der Waals surface area contributed by atoms with Crippen LogP contribution in [0.2, 0.25) is 5.02 Å². The molecule has 0 radical (unpaired) electrons. The maximum absolute atomic E-state index is 10.8. The second-order valence-electron chi connectivity index (χ2n) is 4.19. The van der Waals surface area contributed by atoms with E-state index in [1.165, 1.54) is 0 Å². The fourth-order valence-corrected chi connectivity index (χ4v) is 1.90. The Morgan fingerprint density at radius 2 is 2.29 bits per heavy atom. The van der Waals surface area contributed by atoms with Gasteiger partial charge >= 0.3 is 5.97 Å². The minimum atomic E-state index is -0.886. The zero-order chi connectivity index (χ0) is 15.0. The number of nitrogens with one attached hydrogen (secondary N) is 2. The molecule has 1 atom stereocenters. The van der Waals surface area contributed by atoms with Gasteiger partial charge in [-0.05, 0) is 18.2 Å². The second-order valence-corrected chi connectivity index (χ2v) is 4.60. The van der Waals surface area contributed by atoms with Crippen molar-refractivity contribution < 1.29 is 9.90 Å². The van der Waals surface area contributed by atoms with E-state index in [9.17, 15) is 4.79 Å². The third kappa shape index (κ3) is 7.00. The quantitative estimate of drug-likeness (QED) is 0.504. The van der Waals surface area contributed by atoms with Crippen molar-refractivity contribution in [2.75, 3.05) is 18.4 Å². The lowest BCUT2D eigenvalue weighted by Gasteiger charge is -2.18. The predicted octanol–water partition coefficient (Wildman–Crippen LogP) is 2.66. The molecule has 0 aliphatic rings. The number of anilines is 1. The molecule has 7 heteroatoms. The Bertz CT molecular complexity index is 529. The van der Waals surface area contributed by atoms with Gasteiger partial charge in [0.2, 0.25) is 0 Å². The molecule has 0 saturated carbocycles. The second kappa shape index (κ2) is 10.1. The summed E-state index contributed by atoms with van der Waals surface area (Å²) >= 11 is 5.94. The third-order valence-electron chi connectivity index (χ3n) is 2.56. The van der Waals surface area contributed by atoms with Crippen molar-refractivity contribution in [2.45, 2.75) is 12.5 Å². The van der Waals surface area contributed by atoms with Crippen molar-refractivity contribution in [3.63, 3.8) is 0 Å². The lowest BCUT2D eigenvalue weighted by atomic mass is 10.1. The minimum absolute atomic E-state index is 0. The summed E-state index contributed by atoms with van der Waals surface area (Å²) in [5, 5.41) is 24.2. The average molecular weight is 330 g/mol. The summed E-state index contributed by atoms with van der Waals surface area (Å²) in [6, 6.07) is 6.60. The van der Waals surface area contributed by atoms with E-state index in [-0.39, 0.29) is 24.9 Å². The van der Waals surface area contributed by atoms with Crippen LogP contribution in [-0.4, -0.2) is 30.2 Å². The van der Waals surface area contributed by atoms with E-state index in [1.54, 1.807) is 24.3 Å². The molecule has 1 aromatic rings. The van der Waals surface area contributed by atoms with Crippen LogP contribution in [0.1, 0.15) is 12.0 Å². The molecule has 114 valence electrons. The Kier molecular flexibility index (Phi) is 9.22. The van der Waals surface area contributed by atoms with Crippen LogP contribution in [0.25, 0.3) is 0 Å². The maximum Gasteiger partial charge on any atom is 0.305 e. The number of aliphatic carboxylic acids is 1. The fourth-order valence-electron chi connectivity index (χ4n) is 1.68. The van der Waals surface area contributed by atoms with Crippen LogP contribution in [0.15, 0.2) is 30.9 Å². The van der Waals surface area contributed by atoms with Crippen LogP contribution >= 0.6 is 24.0 Å². The van der Waals surface area contributed by atoms with Gasteiger partial charge in [-0.25, -0.2) is 0 Å². The third-order valence-corrected chi connectivity index (χ3v) is 2.87. The van der Waals surface area contributed by atoms with Crippen molar-refractivity contribution in [1.29, 1.82) is 5.26 Å². The van der Waals surface area contributed by atoms with E-state index in [2.05, 4.69) is 17.2 Å². The SMILES string of the molecule is C=CCNC[C@H](CC(=O)O)Nc1ccc(C#N)c(Cl)c1.Cl. The summed E-state index contributed by atoms with van der Waals surface area (Å²) in [4.78, 5) is 10.8. The first-order chi connectivity index (χ1) is 9.56. The van der Waals surface area contributed by atoms with Crippen molar-refractivity contribution in [3.05, 3.63) is 41.4 Å². The Labute approximate surface area is 135 Å². The van der Waals surface area contributed by atoms with Gasteiger partial charge in [0.25, 0.3) is 0 Å². The first-order valence-electron chi connectivity index (χ1n) is 6.06. The van der Waals surface area contributed by atoms with E-state index in [4.69, 9.17) is 22.0 Å². The first kappa shape index (κ1) is 19.3. The molecule has 0 aliphatic carbocycles. The van der Waals surface area contributed by atoms with Gasteiger partial charge in [-0.3, -0.25) is 4.79 Å². The molecular weight excluding hydrogens is 313 g/mol. The summed E-state index contributed by atoms with van der Waals surface area (Å²) in [5.41, 5.74) is 1.07. The van der Waals surface area contributed by atoms with Crippen molar-refractivity contribution in [3.8, 4) is 6.07 Å². The Hall–Kier alpha value is -1.74. The van der Waals surface area contributed by atoms with Gasteiger partial charge in [0.05, 0.1) is 17.0 Å². The number of rotatable bonds is 8. The number of nitrogens with zero attached hydrogens (tertiary/aromatic N) is 1. The van der Waals surface area contributed by atoms with Gasteiger partial charge in [-0.15, -0.1) is 19.0 Å². The number of carboxylic acid groups (broad SMARTS) is 1. The highest BCUT2D eigenvalue weighted by molar-refractivity contribution is 6.32. The number of nitriles is 1. The van der Waals surface area contributed by atoms with Crippen molar-refractivity contribution in [1.82, 2.24) is 5.32 Å². The summed E-state index contributed by atoms with van der Waals surface area (Å²) in [6.45, 7) is 4.67. The van der Waals surface area contributed by atoms with Gasteiger partial charge in [-0.2, -0.15) is 5.26 Å². The smallest absolute Gasteiger partial charge is 0.305 e. The van der Waals surface area contributed by atoms with Crippen LogP contribution in [0.4, 0.5) is 5.69 Å². The van der Waals surface area contributed by atoms with E-state index in [0.29, 0.717) is 29.4 Å². The van der Waals surface area contributed by atoms with Gasteiger partial charge in [-0.1, -0.05) is 17.7 Å². The average Bonchev–Trinajstić information content (AvgIpc) is 2.38. The van der Waals surface area contributed by atoms with Gasteiger partial charge < -0.3 is 15.7 Å². The Morgan fingerprint density at radius 1 is 1.57 bits per heavy atom. The van der Waals surface area contributed by atoms with Crippen LogP contribution in [0.5, 0.6) is 0 Å². The molecule has 0 saturated heterocycles. The van der Waals surface area contributed by atoms with Gasteiger partial charge in [0.15, 0.2) is 0 Å². The number of benzene rings is 1. The molecule has 0 unspecified atom stereocenters. The number of hydrogen-bond acceptors (Lipinski definition) is 4. The number of carboxylic acids is 1. The molecule has 5 nitrogen and oxygen atoms in total. The van der Waals surface area contributed by atoms with Gasteiger partial charge in [0.1, 0.15) is 6.07 Å². The summed E-state index contributed by atoms with van der Waals surface area (Å²) < 4.78 is 0. The van der Waals surface area contributed by atoms with Gasteiger partial charge in [0, 0.05) is 24.8 Å². The van der Waals surface area contributed by atoms with E-state index in [1.807, 2.05) is 6.07 Å². The Balaban J connectivity index is 0.00000400. The highest BCUT2D eigenvalue weighted by Gasteiger charge is 2.13. The molecule has 0 heterocycles. The largest absolute Gasteiger partial charge is 0.481 e. The van der Waals surface area contributed by atoms with Crippen LogP contribution < -0.4 is 10.6 Å². The molecular formula is C14H17Cl2N3O2. The van der Waals surface area contributed by atoms with E-state index in [0.717, 1.165) is 0 Å². The van der Waals surface area contributed by atoms with Crippen LogP contribution in [0.3, 0.4) is 0 Å². The maximum atomic E-state index is 10.8. The van der Waals surface area contributed by atoms with Crippen molar-refractivity contribution in [2.24, 2.45) is 0 Å². The normalized spacial score (nSPS) is 10.9. The minimum Gasteiger partial charge on any atom is -0.481 e. The number of hydrogen-bond donors (Lipinski definition) is 3. The molecule has 3 N–H and O–H groups in total. The lowest BCUT2D eigenvalue weighted by Crippen LogP contribution is -2.35. The Morgan fingerprint density at radius 3 is 2.81 bits per heavy atom. The molecule has 0 fully saturated rings. The molecule has 0 aromatic heterocycles. The van der Waals surface area contributed by atoms with Crippen LogP contribution in [0, 0.1) is 11.3 Å². The number of carbonyl (C=O) groups is 1. The fraction of sp³-hybridized carbons (Fsp3) is 0.286. The standard InChI is InChI=1S/C14H16ClN3O2.ClH/c1-2-5-17-9-12(7-14(19)20)18-11-4-3-10(8-16)13(15)6-11;/h2-4,6,12,17-18H,1,5,7,9H2,(H,19,20);1H/t12-;/m0./s1. The molecule has 1 rings (SSSR count). The monoisotopic (exact) mass is 329 g/mol. The first-order valence-corrected chi connectivity index (χ1v) is 6.44. The summed E-state index contributed by atoms with van der Waals surface area (Å²) in [7, 11) is 0. The van der Waals surface area contributed by atoms with Crippen molar-refractivity contribution >= 4 is 35.7 Å². The highest BCUT2D eigenvalue weighted by atomic mass is 35.5. The topological polar surface area (TPSA) is 85.2 Å². The lowest BCUT2D eigenvalue weighted by molar-refractivity contribution is -0.137. The highest BCUT2D eigenvalue weighted by Crippen LogP contribution is 2.21. The zero-order valence-corrected chi connectivity index (χ0v) is 12.9. The molecule has 0 spiro atoms. The number of halogens is 2. The summed E-state index contributed by atoms with van der Waals surface area (Å²) in [6.07, 6.45) is 1.68. The predicted molar refractivity (Wildman–Crippen MR) is 86.1 cm³/mol.